The van der Waals surface area contributed by atoms with Crippen molar-refractivity contribution in [2.75, 3.05) is 0 Å². The monoisotopic (exact) mass is 721 g/mol. The summed E-state index contributed by atoms with van der Waals surface area (Å²) in [5.41, 5.74) is 5.53. The first-order chi connectivity index (χ1) is 19.3. The van der Waals surface area contributed by atoms with Crippen molar-refractivity contribution in [3.05, 3.63) is 128 Å². The molecule has 0 atom stereocenters. The number of phenols is 2. The molecule has 2 aromatic heterocycles. The molecule has 0 saturated heterocycles. The van der Waals surface area contributed by atoms with Gasteiger partial charge in [-0.05, 0) is 46.9 Å². The molecule has 2 N–H and O–H groups in total. The molecule has 4 aromatic carbocycles. The van der Waals surface area contributed by atoms with Crippen molar-refractivity contribution in [1.29, 1.82) is 0 Å². The van der Waals surface area contributed by atoms with Crippen LogP contribution in [0.3, 0.4) is 0 Å². The van der Waals surface area contributed by atoms with Gasteiger partial charge in [0.05, 0.1) is 23.1 Å². The minimum atomic E-state index is -0.0284. The zero-order valence-corrected chi connectivity index (χ0v) is 25.2. The smallest absolute Gasteiger partial charge is 0.221 e. The van der Waals surface area contributed by atoms with E-state index in [1.54, 1.807) is 33.4 Å². The summed E-state index contributed by atoms with van der Waals surface area (Å²) in [6.07, 6.45) is 8.87. The van der Waals surface area contributed by atoms with Crippen LogP contribution in [0.4, 0.5) is 0 Å². The Balaban J connectivity index is 0.00000337. The van der Waals surface area contributed by atoms with Crippen molar-refractivity contribution in [3.63, 3.8) is 0 Å². The average Bonchev–Trinajstić information content (AvgIpc) is 3.61. The summed E-state index contributed by atoms with van der Waals surface area (Å²) in [6.45, 7) is 6.63. The van der Waals surface area contributed by atoms with Crippen LogP contribution < -0.4 is 4.57 Å². The Hall–Kier alpha value is -4.41. The fourth-order valence-corrected chi connectivity index (χ4v) is 4.83. The van der Waals surface area contributed by atoms with Gasteiger partial charge in [-0.15, -0.1) is 4.98 Å². The predicted octanol–water partition coefficient (Wildman–Crippen LogP) is 6.78. The third-order valence-corrected chi connectivity index (χ3v) is 7.01. The molecule has 6 aromatic rings. The van der Waals surface area contributed by atoms with Gasteiger partial charge in [-0.3, -0.25) is 4.57 Å². The number of aromatic hydroxyl groups is 2. The molecule has 0 radical (unpaired) electrons. The molecule has 7 heteroatoms. The number of aromatic nitrogens is 4. The van der Waals surface area contributed by atoms with E-state index < -0.39 is 0 Å². The summed E-state index contributed by atoms with van der Waals surface area (Å²) < 4.78 is 5.52. The van der Waals surface area contributed by atoms with Gasteiger partial charge in [0.2, 0.25) is 11.6 Å². The topological polar surface area (TPSA) is 67.1 Å². The van der Waals surface area contributed by atoms with Crippen molar-refractivity contribution < 1.29 is 35.8 Å². The quantitative estimate of drug-likeness (QED) is 0.153. The van der Waals surface area contributed by atoms with Gasteiger partial charge in [-0.25, -0.2) is 0 Å². The van der Waals surface area contributed by atoms with Crippen LogP contribution in [0.25, 0.3) is 39.7 Å². The fourth-order valence-electron chi connectivity index (χ4n) is 4.83. The molecule has 0 unspecified atom stereocenters. The maximum atomic E-state index is 10.8. The largest absolute Gasteiger partial charge is 0.512 e. The predicted molar refractivity (Wildman–Crippen MR) is 156 cm³/mol. The van der Waals surface area contributed by atoms with E-state index in [9.17, 15) is 10.2 Å². The van der Waals surface area contributed by atoms with Gasteiger partial charge in [-0.2, -0.15) is 0 Å². The summed E-state index contributed by atoms with van der Waals surface area (Å²) in [5.74, 6) is 1.53. The Morgan fingerprint density at radius 1 is 0.756 bits per heavy atom. The van der Waals surface area contributed by atoms with E-state index in [0.29, 0.717) is 22.9 Å². The molecule has 2 heterocycles. The standard InChI is InChI=1S/C34H30N4O2.Pt/c1-34(2,3)25-17-18-28(27(21-25)24-11-5-4-6-12-24)38-22-32(35-33(38)26-13-7-9-15-30(26)39)37-20-19-36(23-37)29-14-8-10-16-31(29)40;/h4-22,39-40H,1-3H3;. The Labute approximate surface area is 254 Å². The van der Waals surface area contributed by atoms with E-state index in [-0.39, 0.29) is 38.0 Å². The minimum Gasteiger partial charge on any atom is -0.512 e. The molecule has 0 fully saturated rings. The second-order valence-corrected chi connectivity index (χ2v) is 10.8. The second kappa shape index (κ2) is 11.2. The van der Waals surface area contributed by atoms with E-state index in [4.69, 9.17) is 4.98 Å². The summed E-state index contributed by atoms with van der Waals surface area (Å²) in [5, 5.41) is 21.2. The van der Waals surface area contributed by atoms with Gasteiger partial charge in [0.1, 0.15) is 11.5 Å². The van der Waals surface area contributed by atoms with Crippen LogP contribution in [0, 0.1) is 6.33 Å². The summed E-state index contributed by atoms with van der Waals surface area (Å²) in [7, 11) is 0. The van der Waals surface area contributed by atoms with Crippen LogP contribution >= 0.6 is 0 Å². The van der Waals surface area contributed by atoms with Gasteiger partial charge in [0.15, 0.2) is 6.33 Å². The van der Waals surface area contributed by atoms with Crippen molar-refractivity contribution in [2.24, 2.45) is 0 Å². The Bertz CT molecular complexity index is 1820. The molecule has 0 spiro atoms. The van der Waals surface area contributed by atoms with Gasteiger partial charge in [0, 0.05) is 39.0 Å². The molecule has 0 saturated carbocycles. The Morgan fingerprint density at radius 2 is 1.44 bits per heavy atom. The zero-order valence-electron chi connectivity index (χ0n) is 23.0. The number of hydrogen-bond donors (Lipinski definition) is 2. The molecule has 0 aliphatic rings. The van der Waals surface area contributed by atoms with E-state index in [1.807, 2.05) is 65.6 Å². The number of para-hydroxylation sites is 3. The van der Waals surface area contributed by atoms with Crippen LogP contribution in [0.5, 0.6) is 11.5 Å². The number of phenolic OH excluding ortho intramolecular Hbond substituents is 2. The molecule has 208 valence electrons. The molecule has 41 heavy (non-hydrogen) atoms. The van der Waals surface area contributed by atoms with Crippen LogP contribution in [0.1, 0.15) is 26.3 Å². The van der Waals surface area contributed by atoms with Crippen molar-refractivity contribution in [1.82, 2.24) is 14.1 Å². The molecule has 6 rings (SSSR count). The van der Waals surface area contributed by atoms with Gasteiger partial charge in [-0.1, -0.05) is 87.5 Å². The van der Waals surface area contributed by atoms with Crippen LogP contribution in [0.2, 0.25) is 0 Å². The third-order valence-electron chi connectivity index (χ3n) is 7.01. The van der Waals surface area contributed by atoms with E-state index in [2.05, 4.69) is 57.4 Å². The maximum Gasteiger partial charge on any atom is 0.221 e. The van der Waals surface area contributed by atoms with E-state index in [1.165, 1.54) is 5.56 Å². The first-order valence-corrected chi connectivity index (χ1v) is 13.2. The van der Waals surface area contributed by atoms with Crippen LogP contribution in [-0.2, 0) is 26.5 Å². The average molecular weight is 722 g/mol. The number of rotatable bonds is 5. The molecule has 6 nitrogen and oxygen atoms in total. The summed E-state index contributed by atoms with van der Waals surface area (Å²) in [6, 6.07) is 31.2. The van der Waals surface area contributed by atoms with Crippen molar-refractivity contribution >= 4 is 0 Å². The van der Waals surface area contributed by atoms with Crippen LogP contribution in [0.15, 0.2) is 116 Å². The van der Waals surface area contributed by atoms with Gasteiger partial charge < -0.3 is 19.3 Å². The maximum absolute atomic E-state index is 10.8. The normalized spacial score (nSPS) is 11.3. The molecule has 0 aliphatic carbocycles. The number of nitrogens with zero attached hydrogens (tertiary/aromatic N) is 4. The second-order valence-electron chi connectivity index (χ2n) is 10.8. The number of hydrogen-bond acceptors (Lipinski definition) is 3. The zero-order chi connectivity index (χ0) is 27.9. The molecular weight excluding hydrogens is 691 g/mol. The Morgan fingerprint density at radius 3 is 2.15 bits per heavy atom. The van der Waals surface area contributed by atoms with Crippen molar-refractivity contribution in [2.45, 2.75) is 26.2 Å². The SMILES string of the molecule is CC(C)(C)c1ccc(-n2cc(-[n+]3[c-]n(-c4ccccc4O)cc3)nc2-c2ccccc2O)c(-c2ccccc2)c1.[Pt]. The van der Waals surface area contributed by atoms with E-state index >= 15 is 0 Å². The molecule has 0 amide bonds. The summed E-state index contributed by atoms with van der Waals surface area (Å²) >= 11 is 0. The fraction of sp³-hybridized carbons (Fsp3) is 0.118. The molecule has 0 aliphatic heterocycles. The Kier molecular flexibility index (Phi) is 7.70. The minimum absolute atomic E-state index is 0. The van der Waals surface area contributed by atoms with Crippen molar-refractivity contribution in [3.8, 4) is 51.2 Å². The molecular formula is C34H30N4O2Pt. The van der Waals surface area contributed by atoms with Crippen LogP contribution in [-0.4, -0.2) is 24.3 Å². The summed E-state index contributed by atoms with van der Waals surface area (Å²) in [4.78, 5) is 4.98. The third kappa shape index (κ3) is 5.48. The first-order valence-electron chi connectivity index (χ1n) is 13.2. The van der Waals surface area contributed by atoms with E-state index in [0.717, 1.165) is 16.8 Å². The molecule has 0 bridgehead atoms. The van der Waals surface area contributed by atoms with Gasteiger partial charge >= 0.3 is 0 Å². The number of benzene rings is 4. The number of imidazole rings is 2. The first kappa shape index (κ1) is 28.1. The van der Waals surface area contributed by atoms with Gasteiger partial charge in [0.25, 0.3) is 0 Å².